The molecule has 0 radical (unpaired) electrons. The smallest absolute Gasteiger partial charge is 0.271 e. The summed E-state index contributed by atoms with van der Waals surface area (Å²) in [6.45, 7) is 0. The normalized spacial score (nSPS) is 16.8. The van der Waals surface area contributed by atoms with E-state index in [2.05, 4.69) is 4.98 Å². The van der Waals surface area contributed by atoms with Crippen LogP contribution in [0.5, 0.6) is 5.75 Å². The zero-order chi connectivity index (χ0) is 19.3. The molecule has 1 aromatic heterocycles. The third kappa shape index (κ3) is 3.82. The number of aromatic nitrogens is 1. The van der Waals surface area contributed by atoms with Crippen LogP contribution in [0.15, 0.2) is 89.0 Å². The van der Waals surface area contributed by atoms with Crippen molar-refractivity contribution in [3.63, 3.8) is 0 Å². The first-order valence-corrected chi connectivity index (χ1v) is 9.48. The average molecular weight is 387 g/mol. The molecule has 1 aliphatic rings. The van der Waals surface area contributed by atoms with E-state index in [-0.39, 0.29) is 5.91 Å². The van der Waals surface area contributed by atoms with Gasteiger partial charge in [0.2, 0.25) is 0 Å². The van der Waals surface area contributed by atoms with Gasteiger partial charge in [-0.2, -0.15) is 0 Å². The minimum atomic E-state index is -0.117. The fourth-order valence-electron chi connectivity index (χ4n) is 2.74. The Hall–Kier alpha value is -3.38. The Labute approximate surface area is 167 Å². The largest absolute Gasteiger partial charge is 0.495 e. The van der Waals surface area contributed by atoms with Crippen LogP contribution in [0.3, 0.4) is 0 Å². The molecule has 3 aromatic rings. The van der Waals surface area contributed by atoms with Crippen molar-refractivity contribution in [2.75, 3.05) is 12.0 Å². The maximum atomic E-state index is 13.2. The summed E-state index contributed by atoms with van der Waals surface area (Å²) >= 11 is 1.34. The first-order valence-electron chi connectivity index (χ1n) is 8.66. The number of pyridine rings is 1. The van der Waals surface area contributed by atoms with Crippen LogP contribution in [-0.2, 0) is 4.79 Å². The average Bonchev–Trinajstić information content (AvgIpc) is 3.04. The summed E-state index contributed by atoms with van der Waals surface area (Å²) in [5.74, 6) is 0.525. The second kappa shape index (κ2) is 8.10. The van der Waals surface area contributed by atoms with E-state index in [9.17, 15) is 4.79 Å². The summed E-state index contributed by atoms with van der Waals surface area (Å²) in [6, 6.07) is 21.0. The zero-order valence-corrected chi connectivity index (χ0v) is 16.0. The van der Waals surface area contributed by atoms with Gasteiger partial charge in [-0.15, -0.1) is 0 Å². The molecule has 28 heavy (non-hydrogen) atoms. The molecular weight excluding hydrogens is 370 g/mol. The predicted molar refractivity (Wildman–Crippen MR) is 114 cm³/mol. The van der Waals surface area contributed by atoms with Crippen LogP contribution in [0, 0.1) is 0 Å². The first-order chi connectivity index (χ1) is 13.7. The monoisotopic (exact) mass is 387 g/mol. The highest BCUT2D eigenvalue weighted by Gasteiger charge is 2.34. The Kier molecular flexibility index (Phi) is 5.21. The number of hydrogen-bond acceptors (Lipinski definition) is 5. The number of carbonyl (C=O) groups excluding carboxylic acids is 1. The van der Waals surface area contributed by atoms with Gasteiger partial charge in [0.15, 0.2) is 5.17 Å². The van der Waals surface area contributed by atoms with Gasteiger partial charge in [0.1, 0.15) is 5.75 Å². The van der Waals surface area contributed by atoms with Crippen LogP contribution in [0.1, 0.15) is 5.56 Å². The number of para-hydroxylation sites is 2. The summed E-state index contributed by atoms with van der Waals surface area (Å²) < 4.78 is 5.22. The highest BCUT2D eigenvalue weighted by molar-refractivity contribution is 8.19. The van der Waals surface area contributed by atoms with Gasteiger partial charge in [-0.1, -0.05) is 36.4 Å². The number of hydrogen-bond donors (Lipinski definition) is 0. The molecule has 5 nitrogen and oxygen atoms in total. The SMILES string of the molecule is COc1cncc(C=C2SC(=Nc3ccccc3)N(c3ccccc3)C2=O)c1. The lowest BCUT2D eigenvalue weighted by molar-refractivity contribution is -0.113. The van der Waals surface area contributed by atoms with Crippen LogP contribution < -0.4 is 9.64 Å². The summed E-state index contributed by atoms with van der Waals surface area (Å²) in [7, 11) is 1.59. The van der Waals surface area contributed by atoms with E-state index >= 15 is 0 Å². The van der Waals surface area contributed by atoms with Crippen LogP contribution in [0.25, 0.3) is 6.08 Å². The van der Waals surface area contributed by atoms with Gasteiger partial charge in [-0.25, -0.2) is 4.99 Å². The van der Waals surface area contributed by atoms with Gasteiger partial charge in [0, 0.05) is 6.20 Å². The van der Waals surface area contributed by atoms with Crippen molar-refractivity contribution in [3.8, 4) is 5.75 Å². The highest BCUT2D eigenvalue weighted by Crippen LogP contribution is 2.37. The molecule has 0 N–H and O–H groups in total. The number of methoxy groups -OCH3 is 1. The van der Waals surface area contributed by atoms with Gasteiger partial charge in [-0.3, -0.25) is 14.7 Å². The molecule has 1 amide bonds. The maximum Gasteiger partial charge on any atom is 0.271 e. The first kappa shape index (κ1) is 18.0. The molecule has 2 aromatic carbocycles. The molecule has 0 bridgehead atoms. The van der Waals surface area contributed by atoms with Crippen molar-refractivity contribution in [3.05, 3.63) is 89.6 Å². The van der Waals surface area contributed by atoms with E-state index in [0.29, 0.717) is 15.8 Å². The second-order valence-corrected chi connectivity index (χ2v) is 6.98. The molecule has 1 aliphatic heterocycles. The van der Waals surface area contributed by atoms with Gasteiger partial charge in [-0.05, 0) is 53.7 Å². The molecule has 0 saturated carbocycles. The quantitative estimate of drug-likeness (QED) is 0.598. The van der Waals surface area contributed by atoms with Crippen LogP contribution in [0.2, 0.25) is 0 Å². The lowest BCUT2D eigenvalue weighted by Crippen LogP contribution is -2.28. The van der Waals surface area contributed by atoms with E-state index < -0.39 is 0 Å². The summed E-state index contributed by atoms with van der Waals surface area (Å²) in [5.41, 5.74) is 2.37. The molecule has 6 heteroatoms. The van der Waals surface area contributed by atoms with Crippen molar-refractivity contribution in [1.82, 2.24) is 4.98 Å². The molecule has 0 unspecified atom stereocenters. The number of rotatable bonds is 4. The van der Waals surface area contributed by atoms with Crippen molar-refractivity contribution < 1.29 is 9.53 Å². The number of amides is 1. The fraction of sp³-hybridized carbons (Fsp3) is 0.0455. The van der Waals surface area contributed by atoms with E-state index in [1.54, 1.807) is 24.4 Å². The van der Waals surface area contributed by atoms with E-state index in [1.807, 2.05) is 72.8 Å². The molecule has 4 rings (SSSR count). The van der Waals surface area contributed by atoms with Gasteiger partial charge >= 0.3 is 0 Å². The number of amidine groups is 1. The fourth-order valence-corrected chi connectivity index (χ4v) is 3.74. The molecule has 138 valence electrons. The summed E-state index contributed by atoms with van der Waals surface area (Å²) in [5, 5.41) is 0.615. The molecule has 0 aliphatic carbocycles. The number of thioether (sulfide) groups is 1. The van der Waals surface area contributed by atoms with E-state index in [0.717, 1.165) is 16.9 Å². The Morgan fingerprint density at radius 1 is 1.04 bits per heavy atom. The molecule has 1 fully saturated rings. The number of ether oxygens (including phenoxy) is 1. The van der Waals surface area contributed by atoms with Crippen molar-refractivity contribution in [2.24, 2.45) is 4.99 Å². The second-order valence-electron chi connectivity index (χ2n) is 5.97. The minimum absolute atomic E-state index is 0.117. The Bertz CT molecular complexity index is 1050. The topological polar surface area (TPSA) is 54.8 Å². The Morgan fingerprint density at radius 3 is 2.46 bits per heavy atom. The van der Waals surface area contributed by atoms with Crippen LogP contribution in [0.4, 0.5) is 11.4 Å². The van der Waals surface area contributed by atoms with Crippen LogP contribution in [-0.4, -0.2) is 23.2 Å². The highest BCUT2D eigenvalue weighted by atomic mass is 32.2. The lowest BCUT2D eigenvalue weighted by atomic mass is 10.2. The van der Waals surface area contributed by atoms with Gasteiger partial charge in [0.05, 0.1) is 29.6 Å². The molecule has 1 saturated heterocycles. The molecule has 0 atom stereocenters. The standard InChI is InChI=1S/C22H17N3O2S/c1-27-19-12-16(14-23-15-19)13-20-21(26)25(18-10-6-3-7-11-18)22(28-20)24-17-8-4-2-5-9-17/h2-15H,1H3. The maximum absolute atomic E-state index is 13.2. The third-order valence-electron chi connectivity index (χ3n) is 4.07. The van der Waals surface area contributed by atoms with Crippen molar-refractivity contribution >= 4 is 40.3 Å². The third-order valence-corrected chi connectivity index (χ3v) is 5.04. The minimum Gasteiger partial charge on any atom is -0.495 e. The molecular formula is C22H17N3O2S. The van der Waals surface area contributed by atoms with Gasteiger partial charge in [0.25, 0.3) is 5.91 Å². The van der Waals surface area contributed by atoms with Crippen molar-refractivity contribution in [1.29, 1.82) is 0 Å². The zero-order valence-electron chi connectivity index (χ0n) is 15.1. The van der Waals surface area contributed by atoms with Gasteiger partial charge < -0.3 is 4.74 Å². The Morgan fingerprint density at radius 2 is 1.75 bits per heavy atom. The number of aliphatic imine (C=N–C) groups is 1. The molecule has 0 spiro atoms. The summed E-state index contributed by atoms with van der Waals surface area (Å²) in [6.07, 6.45) is 5.14. The summed E-state index contributed by atoms with van der Waals surface area (Å²) in [4.78, 5) is 24.2. The van der Waals surface area contributed by atoms with Crippen LogP contribution >= 0.6 is 11.8 Å². The predicted octanol–water partition coefficient (Wildman–Crippen LogP) is 4.90. The number of nitrogens with zero attached hydrogens (tertiary/aromatic N) is 3. The number of anilines is 1. The number of carbonyl (C=O) groups is 1. The number of benzene rings is 2. The van der Waals surface area contributed by atoms with Crippen molar-refractivity contribution in [2.45, 2.75) is 0 Å². The van der Waals surface area contributed by atoms with E-state index in [1.165, 1.54) is 11.8 Å². The molecule has 2 heterocycles. The van der Waals surface area contributed by atoms with E-state index in [4.69, 9.17) is 9.73 Å². The Balaban J connectivity index is 1.76. The lowest BCUT2D eigenvalue weighted by Gasteiger charge is -2.15.